The molecule has 30 heavy (non-hydrogen) atoms. The maximum Gasteiger partial charge on any atom is 0.339 e. The lowest BCUT2D eigenvalue weighted by Crippen LogP contribution is -2.38. The highest BCUT2D eigenvalue weighted by atomic mass is 16.5. The Morgan fingerprint density at radius 3 is 2.47 bits per heavy atom. The number of benzene rings is 1. The van der Waals surface area contributed by atoms with E-state index in [2.05, 4.69) is 15.2 Å². The summed E-state index contributed by atoms with van der Waals surface area (Å²) in [5.74, 6) is 1.20. The van der Waals surface area contributed by atoms with E-state index in [1.54, 1.807) is 13.0 Å². The van der Waals surface area contributed by atoms with Crippen LogP contribution in [0.1, 0.15) is 30.6 Å². The van der Waals surface area contributed by atoms with Gasteiger partial charge in [-0.25, -0.2) is 14.6 Å². The van der Waals surface area contributed by atoms with Crippen LogP contribution in [0.4, 0.5) is 16.3 Å². The first-order valence-corrected chi connectivity index (χ1v) is 10.3. The number of urea groups is 1. The molecule has 3 rings (SSSR count). The van der Waals surface area contributed by atoms with E-state index in [1.807, 2.05) is 42.2 Å². The van der Waals surface area contributed by atoms with Crippen LogP contribution >= 0.6 is 0 Å². The van der Waals surface area contributed by atoms with Crippen molar-refractivity contribution in [1.29, 1.82) is 0 Å². The predicted molar refractivity (Wildman–Crippen MR) is 115 cm³/mol. The predicted octanol–water partition coefficient (Wildman–Crippen LogP) is 3.40. The molecule has 1 N–H and O–H groups in total. The molecule has 0 bridgehead atoms. The number of rotatable bonds is 6. The van der Waals surface area contributed by atoms with Crippen LogP contribution in [-0.4, -0.2) is 61.3 Å². The number of aromatic nitrogens is 1. The molecule has 0 saturated carbocycles. The topological polar surface area (TPSA) is 84.0 Å². The standard InChI is InChI=1S/C22H28N4O4/c1-3-29-19-9-7-18(8-10-19)24-22(28)26-13-5-12-25(14-15-26)20-11-6-17(16-23-20)21(27)30-4-2/h6-11,16H,3-5,12-15H2,1-2H3,(H,24,28). The van der Waals surface area contributed by atoms with Crippen molar-refractivity contribution < 1.29 is 19.1 Å². The molecule has 1 fully saturated rings. The molecular formula is C22H28N4O4. The van der Waals surface area contributed by atoms with Crippen molar-refractivity contribution in [2.24, 2.45) is 0 Å². The highest BCUT2D eigenvalue weighted by Crippen LogP contribution is 2.18. The largest absolute Gasteiger partial charge is 0.494 e. The molecule has 2 amide bonds. The minimum atomic E-state index is -0.371. The van der Waals surface area contributed by atoms with Gasteiger partial charge in [-0.1, -0.05) is 0 Å². The average molecular weight is 412 g/mol. The SMILES string of the molecule is CCOC(=O)c1ccc(N2CCCN(C(=O)Nc3ccc(OCC)cc3)CC2)nc1. The summed E-state index contributed by atoms with van der Waals surface area (Å²) in [6.45, 7) is 7.36. The van der Waals surface area contributed by atoms with Gasteiger partial charge in [-0.2, -0.15) is 0 Å². The highest BCUT2D eigenvalue weighted by Gasteiger charge is 2.20. The summed E-state index contributed by atoms with van der Waals surface area (Å²) in [5.41, 5.74) is 1.17. The van der Waals surface area contributed by atoms with E-state index in [9.17, 15) is 9.59 Å². The van der Waals surface area contributed by atoms with Gasteiger partial charge in [0.05, 0.1) is 18.8 Å². The van der Waals surface area contributed by atoms with E-state index in [-0.39, 0.29) is 12.0 Å². The maximum atomic E-state index is 12.7. The highest BCUT2D eigenvalue weighted by molar-refractivity contribution is 5.90. The molecule has 0 spiro atoms. The molecule has 1 aliphatic rings. The summed E-state index contributed by atoms with van der Waals surface area (Å²) in [7, 11) is 0. The van der Waals surface area contributed by atoms with Crippen LogP contribution < -0.4 is 15.0 Å². The Labute approximate surface area is 176 Å². The van der Waals surface area contributed by atoms with Gasteiger partial charge in [0.25, 0.3) is 0 Å². The number of carbonyl (C=O) groups excluding carboxylic acids is 2. The van der Waals surface area contributed by atoms with Gasteiger partial charge in [0, 0.05) is 38.1 Å². The summed E-state index contributed by atoms with van der Waals surface area (Å²) < 4.78 is 10.4. The second kappa shape index (κ2) is 10.5. The molecule has 1 aromatic heterocycles. The molecule has 1 aromatic carbocycles. The Hall–Kier alpha value is -3.29. The third-order valence-corrected chi connectivity index (χ3v) is 4.78. The number of nitrogens with zero attached hydrogens (tertiary/aromatic N) is 3. The summed E-state index contributed by atoms with van der Waals surface area (Å²) in [4.78, 5) is 32.8. The van der Waals surface area contributed by atoms with Crippen molar-refractivity contribution in [2.45, 2.75) is 20.3 Å². The normalized spacial score (nSPS) is 14.1. The van der Waals surface area contributed by atoms with Crippen molar-refractivity contribution >= 4 is 23.5 Å². The molecule has 1 aliphatic heterocycles. The first-order valence-electron chi connectivity index (χ1n) is 10.3. The van der Waals surface area contributed by atoms with Crippen LogP contribution in [0.3, 0.4) is 0 Å². The van der Waals surface area contributed by atoms with Crippen LogP contribution in [0, 0.1) is 0 Å². The van der Waals surface area contributed by atoms with E-state index in [0.29, 0.717) is 38.4 Å². The van der Waals surface area contributed by atoms with Crippen molar-refractivity contribution in [1.82, 2.24) is 9.88 Å². The molecule has 8 heteroatoms. The van der Waals surface area contributed by atoms with Gasteiger partial charge in [-0.05, 0) is 56.7 Å². The first-order chi connectivity index (χ1) is 14.6. The minimum Gasteiger partial charge on any atom is -0.494 e. The second-order valence-electron chi connectivity index (χ2n) is 6.84. The number of amides is 2. The Morgan fingerprint density at radius 1 is 1.00 bits per heavy atom. The molecule has 160 valence electrons. The Kier molecular flexibility index (Phi) is 7.48. The fourth-order valence-corrected chi connectivity index (χ4v) is 3.26. The van der Waals surface area contributed by atoms with Crippen molar-refractivity contribution in [3.63, 3.8) is 0 Å². The van der Waals surface area contributed by atoms with Gasteiger partial charge < -0.3 is 24.6 Å². The number of hydrogen-bond donors (Lipinski definition) is 1. The molecule has 0 radical (unpaired) electrons. The summed E-state index contributed by atoms with van der Waals surface area (Å²) in [5, 5.41) is 2.94. The van der Waals surface area contributed by atoms with Gasteiger partial charge in [0.15, 0.2) is 0 Å². The van der Waals surface area contributed by atoms with Crippen LogP contribution in [0.2, 0.25) is 0 Å². The molecule has 2 heterocycles. The van der Waals surface area contributed by atoms with Crippen molar-refractivity contribution in [2.75, 3.05) is 49.6 Å². The van der Waals surface area contributed by atoms with Crippen LogP contribution in [0.15, 0.2) is 42.6 Å². The number of ether oxygens (including phenoxy) is 2. The Bertz CT molecular complexity index is 839. The monoisotopic (exact) mass is 412 g/mol. The van der Waals surface area contributed by atoms with Gasteiger partial charge in [0.2, 0.25) is 0 Å². The van der Waals surface area contributed by atoms with Gasteiger partial charge in [-0.3, -0.25) is 0 Å². The molecular weight excluding hydrogens is 384 g/mol. The number of esters is 1. The van der Waals surface area contributed by atoms with E-state index in [0.717, 1.165) is 30.2 Å². The number of carbonyl (C=O) groups is 2. The third kappa shape index (κ3) is 5.62. The molecule has 0 atom stereocenters. The summed E-state index contributed by atoms with van der Waals surface area (Å²) >= 11 is 0. The van der Waals surface area contributed by atoms with E-state index in [4.69, 9.17) is 9.47 Å². The maximum absolute atomic E-state index is 12.7. The van der Waals surface area contributed by atoms with E-state index in [1.165, 1.54) is 6.20 Å². The summed E-state index contributed by atoms with van der Waals surface area (Å²) in [6.07, 6.45) is 2.37. The van der Waals surface area contributed by atoms with Crippen molar-refractivity contribution in [3.05, 3.63) is 48.2 Å². The van der Waals surface area contributed by atoms with Gasteiger partial charge in [0.1, 0.15) is 11.6 Å². The lowest BCUT2D eigenvalue weighted by atomic mass is 10.2. The van der Waals surface area contributed by atoms with E-state index < -0.39 is 0 Å². The quantitative estimate of drug-likeness (QED) is 0.732. The molecule has 0 aliphatic carbocycles. The molecule has 2 aromatic rings. The minimum absolute atomic E-state index is 0.119. The molecule has 8 nitrogen and oxygen atoms in total. The zero-order valence-electron chi connectivity index (χ0n) is 17.5. The Balaban J connectivity index is 1.55. The second-order valence-corrected chi connectivity index (χ2v) is 6.84. The van der Waals surface area contributed by atoms with Crippen LogP contribution in [0.5, 0.6) is 5.75 Å². The molecule has 0 unspecified atom stereocenters. The zero-order chi connectivity index (χ0) is 21.3. The lowest BCUT2D eigenvalue weighted by molar-refractivity contribution is 0.0526. The molecule has 1 saturated heterocycles. The average Bonchev–Trinajstić information content (AvgIpc) is 3.02. The Morgan fingerprint density at radius 2 is 1.80 bits per heavy atom. The lowest BCUT2D eigenvalue weighted by Gasteiger charge is -2.23. The van der Waals surface area contributed by atoms with Gasteiger partial charge in [-0.15, -0.1) is 0 Å². The van der Waals surface area contributed by atoms with Gasteiger partial charge >= 0.3 is 12.0 Å². The number of hydrogen-bond acceptors (Lipinski definition) is 6. The third-order valence-electron chi connectivity index (χ3n) is 4.78. The number of pyridine rings is 1. The van der Waals surface area contributed by atoms with Crippen LogP contribution in [-0.2, 0) is 4.74 Å². The number of nitrogens with one attached hydrogen (secondary N) is 1. The fourth-order valence-electron chi connectivity index (χ4n) is 3.26. The van der Waals surface area contributed by atoms with Crippen molar-refractivity contribution in [3.8, 4) is 5.75 Å². The first kappa shape index (κ1) is 21.4. The van der Waals surface area contributed by atoms with Crippen LogP contribution in [0.25, 0.3) is 0 Å². The number of anilines is 2. The smallest absolute Gasteiger partial charge is 0.339 e. The summed E-state index contributed by atoms with van der Waals surface area (Å²) in [6, 6.07) is 10.8. The zero-order valence-corrected chi connectivity index (χ0v) is 17.5. The van der Waals surface area contributed by atoms with E-state index >= 15 is 0 Å². The fraction of sp³-hybridized carbons (Fsp3) is 0.409.